The van der Waals surface area contributed by atoms with Crippen molar-refractivity contribution in [2.45, 2.75) is 18.9 Å². The summed E-state index contributed by atoms with van der Waals surface area (Å²) in [5.74, 6) is 0.292. The SMILES string of the molecule is O=C(Cc1cccs1)N1CCC(N2CCNCC2)C1. The van der Waals surface area contributed by atoms with Gasteiger partial charge in [-0.3, -0.25) is 9.69 Å². The van der Waals surface area contributed by atoms with Gasteiger partial charge in [-0.1, -0.05) is 6.07 Å². The summed E-state index contributed by atoms with van der Waals surface area (Å²) in [5, 5.41) is 5.42. The highest BCUT2D eigenvalue weighted by Crippen LogP contribution is 2.18. The van der Waals surface area contributed by atoms with Crippen LogP contribution in [0.15, 0.2) is 17.5 Å². The van der Waals surface area contributed by atoms with Crippen molar-refractivity contribution in [3.8, 4) is 0 Å². The average Bonchev–Trinajstić information content (AvgIpc) is 3.10. The van der Waals surface area contributed by atoms with E-state index in [-0.39, 0.29) is 0 Å². The van der Waals surface area contributed by atoms with Crippen molar-refractivity contribution in [2.24, 2.45) is 0 Å². The molecule has 0 saturated carbocycles. The molecular weight excluding hydrogens is 258 g/mol. The van der Waals surface area contributed by atoms with Crippen LogP contribution in [0.4, 0.5) is 0 Å². The maximum absolute atomic E-state index is 12.2. The molecular formula is C14H21N3OS. The largest absolute Gasteiger partial charge is 0.341 e. The molecule has 2 fully saturated rings. The molecule has 1 aromatic heterocycles. The van der Waals surface area contributed by atoms with E-state index in [1.54, 1.807) is 11.3 Å². The van der Waals surface area contributed by atoms with Crippen LogP contribution in [0.5, 0.6) is 0 Å². The Kier molecular flexibility index (Phi) is 4.15. The van der Waals surface area contributed by atoms with Gasteiger partial charge in [-0.25, -0.2) is 0 Å². The molecule has 104 valence electrons. The molecule has 19 heavy (non-hydrogen) atoms. The first-order valence-electron chi connectivity index (χ1n) is 7.08. The minimum atomic E-state index is 0.292. The molecule has 1 unspecified atom stereocenters. The number of hydrogen-bond acceptors (Lipinski definition) is 4. The Morgan fingerprint density at radius 2 is 2.21 bits per heavy atom. The zero-order chi connectivity index (χ0) is 13.1. The third-order valence-electron chi connectivity index (χ3n) is 4.09. The first kappa shape index (κ1) is 13.1. The number of rotatable bonds is 3. The number of hydrogen-bond donors (Lipinski definition) is 1. The van der Waals surface area contributed by atoms with Crippen molar-refractivity contribution >= 4 is 17.2 Å². The Bertz CT molecular complexity index is 414. The lowest BCUT2D eigenvalue weighted by Crippen LogP contribution is -2.49. The Morgan fingerprint density at radius 1 is 1.37 bits per heavy atom. The molecule has 1 N–H and O–H groups in total. The van der Waals surface area contributed by atoms with E-state index in [0.29, 0.717) is 18.4 Å². The van der Waals surface area contributed by atoms with Crippen molar-refractivity contribution in [3.63, 3.8) is 0 Å². The van der Waals surface area contributed by atoms with E-state index in [2.05, 4.69) is 10.2 Å². The molecule has 1 atom stereocenters. The van der Waals surface area contributed by atoms with Gasteiger partial charge < -0.3 is 10.2 Å². The monoisotopic (exact) mass is 279 g/mol. The standard InChI is InChI=1S/C14H21N3OS/c18-14(10-13-2-1-9-19-13)17-6-3-12(11-17)16-7-4-15-5-8-16/h1-2,9,12,15H,3-8,10-11H2. The average molecular weight is 279 g/mol. The molecule has 2 saturated heterocycles. The summed E-state index contributed by atoms with van der Waals surface area (Å²) in [6.45, 7) is 6.26. The molecule has 4 nitrogen and oxygen atoms in total. The van der Waals surface area contributed by atoms with Gasteiger partial charge in [0.05, 0.1) is 6.42 Å². The summed E-state index contributed by atoms with van der Waals surface area (Å²) in [6, 6.07) is 4.64. The fourth-order valence-electron chi connectivity index (χ4n) is 2.99. The Morgan fingerprint density at radius 3 is 2.95 bits per heavy atom. The number of likely N-dealkylation sites (tertiary alicyclic amines) is 1. The normalized spacial score (nSPS) is 24.8. The molecule has 2 aliphatic rings. The van der Waals surface area contributed by atoms with Gasteiger partial charge in [-0.05, 0) is 17.9 Å². The van der Waals surface area contributed by atoms with E-state index in [1.807, 2.05) is 22.4 Å². The molecule has 1 amide bonds. The molecule has 0 aliphatic carbocycles. The number of piperazine rings is 1. The fourth-order valence-corrected chi connectivity index (χ4v) is 3.68. The predicted octanol–water partition coefficient (Wildman–Crippen LogP) is 0.797. The zero-order valence-electron chi connectivity index (χ0n) is 11.2. The van der Waals surface area contributed by atoms with Gasteiger partial charge in [-0.2, -0.15) is 0 Å². The van der Waals surface area contributed by atoms with Crippen LogP contribution in [-0.4, -0.2) is 61.0 Å². The predicted molar refractivity (Wildman–Crippen MR) is 77.5 cm³/mol. The number of carbonyl (C=O) groups is 1. The lowest BCUT2D eigenvalue weighted by Gasteiger charge is -2.32. The van der Waals surface area contributed by atoms with E-state index in [1.165, 1.54) is 4.88 Å². The van der Waals surface area contributed by atoms with E-state index in [0.717, 1.165) is 45.7 Å². The molecule has 0 spiro atoms. The van der Waals surface area contributed by atoms with Gasteiger partial charge in [0.15, 0.2) is 0 Å². The van der Waals surface area contributed by atoms with E-state index >= 15 is 0 Å². The van der Waals surface area contributed by atoms with Gasteiger partial charge in [0.2, 0.25) is 5.91 Å². The molecule has 0 bridgehead atoms. The van der Waals surface area contributed by atoms with E-state index in [9.17, 15) is 4.79 Å². The second kappa shape index (κ2) is 6.03. The lowest BCUT2D eigenvalue weighted by atomic mass is 10.2. The van der Waals surface area contributed by atoms with Crippen molar-refractivity contribution in [1.82, 2.24) is 15.1 Å². The quantitative estimate of drug-likeness (QED) is 0.889. The topological polar surface area (TPSA) is 35.6 Å². The van der Waals surface area contributed by atoms with Crippen LogP contribution in [0.3, 0.4) is 0 Å². The van der Waals surface area contributed by atoms with Gasteiger partial charge in [0.25, 0.3) is 0 Å². The van der Waals surface area contributed by atoms with Crippen LogP contribution in [-0.2, 0) is 11.2 Å². The van der Waals surface area contributed by atoms with Crippen molar-refractivity contribution in [2.75, 3.05) is 39.3 Å². The fraction of sp³-hybridized carbons (Fsp3) is 0.643. The second-order valence-corrected chi connectivity index (χ2v) is 6.36. The first-order chi connectivity index (χ1) is 9.33. The molecule has 0 radical (unpaired) electrons. The maximum Gasteiger partial charge on any atom is 0.227 e. The minimum absolute atomic E-state index is 0.292. The van der Waals surface area contributed by atoms with Crippen LogP contribution in [0.2, 0.25) is 0 Å². The van der Waals surface area contributed by atoms with E-state index < -0.39 is 0 Å². The summed E-state index contributed by atoms with van der Waals surface area (Å²) in [5.41, 5.74) is 0. The van der Waals surface area contributed by atoms with Crippen molar-refractivity contribution in [3.05, 3.63) is 22.4 Å². The van der Waals surface area contributed by atoms with Crippen LogP contribution in [0, 0.1) is 0 Å². The third-order valence-corrected chi connectivity index (χ3v) is 4.97. The highest BCUT2D eigenvalue weighted by molar-refractivity contribution is 7.10. The molecule has 1 aromatic rings. The molecule has 0 aromatic carbocycles. The van der Waals surface area contributed by atoms with Gasteiger partial charge in [-0.15, -0.1) is 11.3 Å². The molecule has 3 rings (SSSR count). The summed E-state index contributed by atoms with van der Waals surface area (Å²) < 4.78 is 0. The molecule has 3 heterocycles. The van der Waals surface area contributed by atoms with Gasteiger partial charge >= 0.3 is 0 Å². The number of amides is 1. The number of carbonyl (C=O) groups excluding carboxylic acids is 1. The van der Waals surface area contributed by atoms with Crippen molar-refractivity contribution in [1.29, 1.82) is 0 Å². The Hall–Kier alpha value is -0.910. The highest BCUT2D eigenvalue weighted by Gasteiger charge is 2.30. The summed E-state index contributed by atoms with van der Waals surface area (Å²) in [6.07, 6.45) is 1.71. The second-order valence-electron chi connectivity index (χ2n) is 5.32. The Labute approximate surface area is 118 Å². The highest BCUT2D eigenvalue weighted by atomic mass is 32.1. The maximum atomic E-state index is 12.2. The molecule has 2 aliphatic heterocycles. The van der Waals surface area contributed by atoms with Gasteiger partial charge in [0.1, 0.15) is 0 Å². The summed E-state index contributed by atoms with van der Waals surface area (Å²) >= 11 is 1.67. The van der Waals surface area contributed by atoms with Crippen molar-refractivity contribution < 1.29 is 4.79 Å². The molecule has 5 heteroatoms. The van der Waals surface area contributed by atoms with Gasteiger partial charge in [0, 0.05) is 50.2 Å². The van der Waals surface area contributed by atoms with Crippen LogP contribution >= 0.6 is 11.3 Å². The first-order valence-corrected chi connectivity index (χ1v) is 7.96. The Balaban J connectivity index is 1.52. The van der Waals surface area contributed by atoms with Crippen LogP contribution < -0.4 is 5.32 Å². The third kappa shape index (κ3) is 3.16. The number of nitrogens with one attached hydrogen (secondary N) is 1. The minimum Gasteiger partial charge on any atom is -0.341 e. The summed E-state index contributed by atoms with van der Waals surface area (Å²) in [7, 11) is 0. The zero-order valence-corrected chi connectivity index (χ0v) is 12.0. The summed E-state index contributed by atoms with van der Waals surface area (Å²) in [4.78, 5) is 18.0. The van der Waals surface area contributed by atoms with Crippen LogP contribution in [0.25, 0.3) is 0 Å². The number of thiophene rings is 1. The van der Waals surface area contributed by atoms with E-state index in [4.69, 9.17) is 0 Å². The van der Waals surface area contributed by atoms with Crippen LogP contribution in [0.1, 0.15) is 11.3 Å². The smallest absolute Gasteiger partial charge is 0.227 e. The number of nitrogens with zero attached hydrogens (tertiary/aromatic N) is 2. The lowest BCUT2D eigenvalue weighted by molar-refractivity contribution is -0.129.